The van der Waals surface area contributed by atoms with Gasteiger partial charge in [0.2, 0.25) is 0 Å². The van der Waals surface area contributed by atoms with Crippen LogP contribution in [-0.4, -0.2) is 82.6 Å². The number of rotatable bonds is 6. The molecule has 1 aromatic carbocycles. The van der Waals surface area contributed by atoms with E-state index in [4.69, 9.17) is 14.8 Å². The van der Waals surface area contributed by atoms with Crippen molar-refractivity contribution in [2.45, 2.75) is 38.7 Å². The summed E-state index contributed by atoms with van der Waals surface area (Å²) in [5.41, 5.74) is 4.61. The van der Waals surface area contributed by atoms with Crippen molar-refractivity contribution in [2.75, 3.05) is 56.2 Å². The number of carbonyl (C=O) groups is 1. The van der Waals surface area contributed by atoms with Gasteiger partial charge in [-0.1, -0.05) is 18.3 Å². The van der Waals surface area contributed by atoms with Gasteiger partial charge in [0.1, 0.15) is 28.1 Å². The van der Waals surface area contributed by atoms with E-state index in [2.05, 4.69) is 30.0 Å². The molecule has 0 spiro atoms. The molecule has 3 aromatic heterocycles. The first-order valence-corrected chi connectivity index (χ1v) is 15.3. The highest BCUT2D eigenvalue weighted by atomic mass is 32.1. The molecule has 0 bridgehead atoms. The van der Waals surface area contributed by atoms with Crippen LogP contribution < -0.4 is 9.80 Å². The maximum absolute atomic E-state index is 13.5. The SMILES string of the molecule is CCc1nn2c(C)cc(N3CCN(C(=O)C4(O)CCOCC4)CC3)cc2c1N(C)c1nc(-c2ccc(F)cc2)c(C#N)s1. The van der Waals surface area contributed by atoms with Crippen molar-refractivity contribution >= 4 is 39.3 Å². The first-order valence-electron chi connectivity index (χ1n) is 14.5. The van der Waals surface area contributed by atoms with Crippen LogP contribution in [0.5, 0.6) is 0 Å². The van der Waals surface area contributed by atoms with E-state index in [-0.39, 0.29) is 11.7 Å². The van der Waals surface area contributed by atoms with Gasteiger partial charge in [0.15, 0.2) is 5.13 Å². The van der Waals surface area contributed by atoms with Gasteiger partial charge in [-0.15, -0.1) is 0 Å². The number of hydrogen-bond acceptors (Lipinski definition) is 9. The Balaban J connectivity index is 1.29. The lowest BCUT2D eigenvalue weighted by Gasteiger charge is -2.41. The quantitative estimate of drug-likeness (QED) is 0.348. The van der Waals surface area contributed by atoms with Crippen LogP contribution in [0.15, 0.2) is 36.4 Å². The number of carbonyl (C=O) groups excluding carboxylic acids is 1. The first-order chi connectivity index (χ1) is 20.7. The third-order valence-corrected chi connectivity index (χ3v) is 9.42. The van der Waals surface area contributed by atoms with E-state index in [0.29, 0.717) is 79.9 Å². The number of aromatic nitrogens is 3. The first kappa shape index (κ1) is 29.0. The summed E-state index contributed by atoms with van der Waals surface area (Å²) >= 11 is 1.29. The number of amides is 1. The molecule has 1 amide bonds. The third-order valence-electron chi connectivity index (χ3n) is 8.38. The molecule has 224 valence electrons. The molecule has 0 radical (unpaired) electrons. The summed E-state index contributed by atoms with van der Waals surface area (Å²) in [6.45, 7) is 7.23. The highest BCUT2D eigenvalue weighted by Gasteiger charge is 2.41. The topological polar surface area (TPSA) is 110 Å². The number of pyridine rings is 1. The second-order valence-electron chi connectivity index (χ2n) is 11.1. The van der Waals surface area contributed by atoms with Crippen molar-refractivity contribution in [3.8, 4) is 17.3 Å². The summed E-state index contributed by atoms with van der Waals surface area (Å²) in [6.07, 6.45) is 1.37. The molecule has 6 rings (SSSR count). The number of fused-ring (bicyclic) bond motifs is 1. The van der Waals surface area contributed by atoms with E-state index in [1.807, 2.05) is 23.4 Å². The Morgan fingerprint density at radius 1 is 1.19 bits per heavy atom. The van der Waals surface area contributed by atoms with Crippen molar-refractivity contribution in [3.05, 3.63) is 58.5 Å². The fraction of sp³-hybridized carbons (Fsp3) is 0.419. The number of nitriles is 1. The van der Waals surface area contributed by atoms with Crippen LogP contribution in [0.2, 0.25) is 0 Å². The van der Waals surface area contributed by atoms with Crippen LogP contribution in [0, 0.1) is 24.1 Å². The molecular weight excluding hydrogens is 569 g/mol. The Morgan fingerprint density at radius 2 is 1.88 bits per heavy atom. The normalized spacial score (nSPS) is 16.8. The van der Waals surface area contributed by atoms with E-state index >= 15 is 0 Å². The summed E-state index contributed by atoms with van der Waals surface area (Å²) in [6, 6.07) is 12.5. The minimum absolute atomic E-state index is 0.199. The van der Waals surface area contributed by atoms with E-state index in [1.54, 1.807) is 17.0 Å². The van der Waals surface area contributed by atoms with Gasteiger partial charge in [-0.2, -0.15) is 10.4 Å². The largest absolute Gasteiger partial charge is 0.381 e. The molecule has 12 heteroatoms. The second-order valence-corrected chi connectivity index (χ2v) is 12.1. The van der Waals surface area contributed by atoms with Gasteiger partial charge in [0.05, 0.1) is 16.9 Å². The predicted octanol–water partition coefficient (Wildman–Crippen LogP) is 4.30. The molecule has 0 atom stereocenters. The number of anilines is 3. The summed E-state index contributed by atoms with van der Waals surface area (Å²) in [4.78, 5) is 24.4. The number of hydrogen-bond donors (Lipinski definition) is 1. The van der Waals surface area contributed by atoms with Crippen molar-refractivity contribution in [1.29, 1.82) is 5.26 Å². The number of nitrogens with zero attached hydrogens (tertiary/aromatic N) is 7. The highest BCUT2D eigenvalue weighted by molar-refractivity contribution is 7.16. The van der Waals surface area contributed by atoms with Crippen LogP contribution in [0.25, 0.3) is 16.8 Å². The number of ether oxygens (including phenoxy) is 1. The summed E-state index contributed by atoms with van der Waals surface area (Å²) in [5.74, 6) is -0.542. The van der Waals surface area contributed by atoms with Crippen LogP contribution in [0.1, 0.15) is 36.0 Å². The Kier molecular flexibility index (Phi) is 7.81. The average molecular weight is 604 g/mol. The Hall–Kier alpha value is -4.05. The summed E-state index contributed by atoms with van der Waals surface area (Å²) in [5, 5.41) is 26.3. The number of aliphatic hydroxyl groups is 1. The molecule has 4 aromatic rings. The van der Waals surface area contributed by atoms with E-state index in [1.165, 1.54) is 23.5 Å². The minimum atomic E-state index is -1.33. The lowest BCUT2D eigenvalue weighted by atomic mass is 9.92. The van der Waals surface area contributed by atoms with Crippen LogP contribution in [0.4, 0.5) is 20.9 Å². The van der Waals surface area contributed by atoms with Crippen LogP contribution in [-0.2, 0) is 16.0 Å². The van der Waals surface area contributed by atoms with Gasteiger partial charge in [0, 0.05) is 76.2 Å². The molecule has 1 N–H and O–H groups in total. The zero-order chi connectivity index (χ0) is 30.3. The highest BCUT2D eigenvalue weighted by Crippen LogP contribution is 2.39. The van der Waals surface area contributed by atoms with Gasteiger partial charge in [-0.05, 0) is 49.7 Å². The summed E-state index contributed by atoms with van der Waals surface area (Å²) in [7, 11) is 1.93. The molecule has 2 fully saturated rings. The zero-order valence-electron chi connectivity index (χ0n) is 24.5. The molecule has 5 heterocycles. The van der Waals surface area contributed by atoms with Crippen LogP contribution in [0.3, 0.4) is 0 Å². The van der Waals surface area contributed by atoms with E-state index < -0.39 is 5.60 Å². The van der Waals surface area contributed by atoms with Crippen molar-refractivity contribution < 1.29 is 19.0 Å². The number of aryl methyl sites for hydroxylation is 2. The standard InChI is InChI=1S/C31H34FN7O3S/c1-4-24-28(36(3)30-34-27(26(19-33)43-30)21-5-7-22(32)8-6-21)25-18-23(17-20(2)39(25)35-24)37-11-13-38(14-12-37)29(40)31(41)9-15-42-16-10-31/h5-8,17-18,41H,4,9-16H2,1-3H3. The number of halogens is 1. The van der Waals surface area contributed by atoms with Gasteiger partial charge < -0.3 is 24.5 Å². The zero-order valence-corrected chi connectivity index (χ0v) is 25.3. The molecule has 0 unspecified atom stereocenters. The summed E-state index contributed by atoms with van der Waals surface area (Å²) < 4.78 is 20.8. The molecule has 2 aliphatic heterocycles. The third kappa shape index (κ3) is 5.33. The van der Waals surface area contributed by atoms with Gasteiger partial charge >= 0.3 is 0 Å². The van der Waals surface area contributed by atoms with Crippen LogP contribution >= 0.6 is 11.3 Å². The molecule has 10 nitrogen and oxygen atoms in total. The smallest absolute Gasteiger partial charge is 0.254 e. The Morgan fingerprint density at radius 3 is 2.53 bits per heavy atom. The van der Waals surface area contributed by atoms with Gasteiger partial charge in [-0.3, -0.25) is 4.79 Å². The molecule has 2 saturated heterocycles. The fourth-order valence-electron chi connectivity index (χ4n) is 5.92. The lowest BCUT2D eigenvalue weighted by Crippen LogP contribution is -2.57. The number of piperazine rings is 1. The lowest BCUT2D eigenvalue weighted by molar-refractivity contribution is -0.161. The van der Waals surface area contributed by atoms with E-state index in [0.717, 1.165) is 28.3 Å². The Labute approximate surface area is 253 Å². The molecule has 0 saturated carbocycles. The molecule has 0 aliphatic carbocycles. The fourth-order valence-corrected chi connectivity index (χ4v) is 6.78. The number of benzene rings is 1. The molecule has 2 aliphatic rings. The molecule has 43 heavy (non-hydrogen) atoms. The Bertz CT molecular complexity index is 1700. The van der Waals surface area contributed by atoms with Crippen molar-refractivity contribution in [3.63, 3.8) is 0 Å². The monoisotopic (exact) mass is 603 g/mol. The average Bonchev–Trinajstić information content (AvgIpc) is 3.63. The van der Waals surface area contributed by atoms with E-state index in [9.17, 15) is 19.6 Å². The van der Waals surface area contributed by atoms with Crippen molar-refractivity contribution in [1.82, 2.24) is 19.5 Å². The predicted molar refractivity (Wildman–Crippen MR) is 163 cm³/mol. The molecular formula is C31H34FN7O3S. The van der Waals surface area contributed by atoms with Gasteiger partial charge in [0.25, 0.3) is 5.91 Å². The van der Waals surface area contributed by atoms with Crippen molar-refractivity contribution in [2.24, 2.45) is 0 Å². The maximum Gasteiger partial charge on any atom is 0.254 e. The van der Waals surface area contributed by atoms with Gasteiger partial charge in [-0.25, -0.2) is 13.9 Å². The maximum atomic E-state index is 13.5. The minimum Gasteiger partial charge on any atom is -0.381 e. The number of thiazole rings is 1. The second kappa shape index (κ2) is 11.6.